The van der Waals surface area contributed by atoms with Gasteiger partial charge in [-0.15, -0.1) is 0 Å². The minimum atomic E-state index is 0.240. The smallest absolute Gasteiger partial charge is 0.133 e. The molecule has 2 rings (SSSR count). The molecule has 1 atom stereocenters. The van der Waals surface area contributed by atoms with Gasteiger partial charge in [0.15, 0.2) is 0 Å². The summed E-state index contributed by atoms with van der Waals surface area (Å²) in [5, 5.41) is 10.7. The third kappa shape index (κ3) is 3.94. The number of anilines is 2. The summed E-state index contributed by atoms with van der Waals surface area (Å²) in [7, 11) is 1.87. The largest absolute Gasteiger partial charge is 0.373 e. The molecule has 0 saturated heterocycles. The molecule has 0 fully saturated rings. The van der Waals surface area contributed by atoms with Crippen LogP contribution in [0.25, 0.3) is 0 Å². The van der Waals surface area contributed by atoms with Crippen LogP contribution in [0, 0.1) is 0 Å². The van der Waals surface area contributed by atoms with E-state index >= 15 is 0 Å². The summed E-state index contributed by atoms with van der Waals surface area (Å²) >= 11 is 0. The van der Waals surface area contributed by atoms with E-state index in [0.717, 1.165) is 36.8 Å². The van der Waals surface area contributed by atoms with Gasteiger partial charge in [0.05, 0.1) is 6.54 Å². The fourth-order valence-corrected chi connectivity index (χ4v) is 2.02. The summed E-state index contributed by atoms with van der Waals surface area (Å²) in [6, 6.07) is 4.10. The van der Waals surface area contributed by atoms with Gasteiger partial charge in [-0.2, -0.15) is 5.10 Å². The molecular weight excluding hydrogens is 252 g/mol. The topological polar surface area (TPSA) is 67.7 Å². The van der Waals surface area contributed by atoms with Crippen LogP contribution in [0.1, 0.15) is 26.1 Å². The molecule has 0 aromatic carbocycles. The van der Waals surface area contributed by atoms with E-state index in [-0.39, 0.29) is 6.04 Å². The minimum absolute atomic E-state index is 0.240. The van der Waals surface area contributed by atoms with Crippen LogP contribution in [0.15, 0.2) is 24.5 Å². The van der Waals surface area contributed by atoms with Crippen LogP contribution in [-0.4, -0.2) is 32.8 Å². The molecule has 6 nitrogen and oxygen atoms in total. The maximum Gasteiger partial charge on any atom is 0.133 e. The van der Waals surface area contributed by atoms with E-state index in [9.17, 15) is 0 Å². The molecule has 20 heavy (non-hydrogen) atoms. The van der Waals surface area contributed by atoms with E-state index in [1.807, 2.05) is 30.1 Å². The molecule has 2 N–H and O–H groups in total. The van der Waals surface area contributed by atoms with E-state index in [2.05, 4.69) is 39.5 Å². The fourth-order valence-electron chi connectivity index (χ4n) is 2.02. The molecule has 0 aliphatic rings. The lowest BCUT2D eigenvalue weighted by atomic mass is 10.3. The van der Waals surface area contributed by atoms with Crippen molar-refractivity contribution in [3.05, 3.63) is 30.4 Å². The van der Waals surface area contributed by atoms with Gasteiger partial charge in [-0.05, 0) is 19.4 Å². The zero-order chi connectivity index (χ0) is 14.4. The molecule has 6 heteroatoms. The monoisotopic (exact) mass is 274 g/mol. The highest BCUT2D eigenvalue weighted by molar-refractivity contribution is 5.47. The highest BCUT2D eigenvalue weighted by atomic mass is 15.3. The predicted octanol–water partition coefficient (Wildman–Crippen LogP) is 2.17. The zero-order valence-electron chi connectivity index (χ0n) is 12.3. The van der Waals surface area contributed by atoms with E-state index < -0.39 is 0 Å². The van der Waals surface area contributed by atoms with Gasteiger partial charge in [0.25, 0.3) is 0 Å². The lowest BCUT2D eigenvalue weighted by molar-refractivity contribution is 0.559. The second-order valence-corrected chi connectivity index (χ2v) is 4.83. The molecule has 0 spiro atoms. The highest BCUT2D eigenvalue weighted by Crippen LogP contribution is 2.13. The van der Waals surface area contributed by atoms with Gasteiger partial charge in [0.2, 0.25) is 0 Å². The van der Waals surface area contributed by atoms with Gasteiger partial charge in [-0.25, -0.2) is 9.97 Å². The van der Waals surface area contributed by atoms with Crippen LogP contribution < -0.4 is 10.6 Å². The van der Waals surface area contributed by atoms with Crippen molar-refractivity contribution in [2.75, 3.05) is 17.7 Å². The molecule has 0 radical (unpaired) electrons. The summed E-state index contributed by atoms with van der Waals surface area (Å²) < 4.78 is 1.91. The zero-order valence-corrected chi connectivity index (χ0v) is 12.3. The Labute approximate surface area is 119 Å². The number of nitrogens with one attached hydrogen (secondary N) is 2. The summed E-state index contributed by atoms with van der Waals surface area (Å²) in [5.74, 6) is 2.57. The van der Waals surface area contributed by atoms with Crippen molar-refractivity contribution in [3.8, 4) is 0 Å². The first kappa shape index (κ1) is 14.3. The van der Waals surface area contributed by atoms with E-state index in [0.29, 0.717) is 0 Å². The Morgan fingerprint density at radius 1 is 1.30 bits per heavy atom. The SMILES string of the molecule is CCCc1nc(NC)cc(NC(C)Cn2cccn2)n1. The predicted molar refractivity (Wildman–Crippen MR) is 80.9 cm³/mol. The molecule has 0 aliphatic carbocycles. The van der Waals surface area contributed by atoms with Crippen molar-refractivity contribution in [1.82, 2.24) is 19.7 Å². The van der Waals surface area contributed by atoms with E-state index in [1.165, 1.54) is 0 Å². The van der Waals surface area contributed by atoms with Crippen LogP contribution in [0.2, 0.25) is 0 Å². The van der Waals surface area contributed by atoms with E-state index in [1.54, 1.807) is 6.20 Å². The minimum Gasteiger partial charge on any atom is -0.373 e. The van der Waals surface area contributed by atoms with Gasteiger partial charge in [-0.3, -0.25) is 4.68 Å². The van der Waals surface area contributed by atoms with Crippen molar-refractivity contribution in [2.45, 2.75) is 39.3 Å². The van der Waals surface area contributed by atoms with Crippen LogP contribution in [0.4, 0.5) is 11.6 Å². The van der Waals surface area contributed by atoms with Crippen LogP contribution in [0.5, 0.6) is 0 Å². The van der Waals surface area contributed by atoms with Crippen molar-refractivity contribution in [3.63, 3.8) is 0 Å². The first-order valence-electron chi connectivity index (χ1n) is 7.01. The average molecular weight is 274 g/mol. The standard InChI is InChI=1S/C14H22N6/c1-4-6-12-18-13(15-3)9-14(19-12)17-11(2)10-20-8-5-7-16-20/h5,7-9,11H,4,6,10H2,1-3H3,(H2,15,17,18,19). The maximum absolute atomic E-state index is 4.55. The molecule has 2 heterocycles. The summed E-state index contributed by atoms with van der Waals surface area (Å²) in [6.07, 6.45) is 5.67. The Balaban J connectivity index is 2.05. The Bertz CT molecular complexity index is 522. The molecule has 0 amide bonds. The van der Waals surface area contributed by atoms with Gasteiger partial charge in [0.1, 0.15) is 17.5 Å². The van der Waals surface area contributed by atoms with Gasteiger partial charge in [0, 0.05) is 38.0 Å². The van der Waals surface area contributed by atoms with Gasteiger partial charge < -0.3 is 10.6 Å². The first-order valence-corrected chi connectivity index (χ1v) is 7.01. The Morgan fingerprint density at radius 2 is 2.10 bits per heavy atom. The first-order chi connectivity index (χ1) is 9.71. The quantitative estimate of drug-likeness (QED) is 0.810. The third-order valence-electron chi connectivity index (χ3n) is 2.92. The Morgan fingerprint density at radius 3 is 2.75 bits per heavy atom. The van der Waals surface area contributed by atoms with Gasteiger partial charge >= 0.3 is 0 Å². The second kappa shape index (κ2) is 6.88. The molecule has 2 aromatic rings. The number of aryl methyl sites for hydroxylation is 1. The average Bonchev–Trinajstić information content (AvgIpc) is 2.91. The molecule has 108 valence electrons. The lowest BCUT2D eigenvalue weighted by Gasteiger charge is -2.16. The summed E-state index contributed by atoms with van der Waals surface area (Å²) in [4.78, 5) is 8.99. The molecular formula is C14H22N6. The molecule has 2 aromatic heterocycles. The second-order valence-electron chi connectivity index (χ2n) is 4.83. The van der Waals surface area contributed by atoms with Crippen LogP contribution >= 0.6 is 0 Å². The van der Waals surface area contributed by atoms with Crippen LogP contribution in [-0.2, 0) is 13.0 Å². The summed E-state index contributed by atoms with van der Waals surface area (Å²) in [6.45, 7) is 5.04. The molecule has 1 unspecified atom stereocenters. The van der Waals surface area contributed by atoms with Crippen molar-refractivity contribution >= 4 is 11.6 Å². The number of rotatable bonds is 7. The normalized spacial score (nSPS) is 12.2. The maximum atomic E-state index is 4.55. The number of hydrogen-bond donors (Lipinski definition) is 2. The Hall–Kier alpha value is -2.11. The molecule has 0 saturated carbocycles. The number of hydrogen-bond acceptors (Lipinski definition) is 5. The van der Waals surface area contributed by atoms with Crippen LogP contribution in [0.3, 0.4) is 0 Å². The van der Waals surface area contributed by atoms with Crippen molar-refractivity contribution in [1.29, 1.82) is 0 Å². The van der Waals surface area contributed by atoms with Crippen molar-refractivity contribution in [2.24, 2.45) is 0 Å². The Kier molecular flexibility index (Phi) is 4.92. The molecule has 0 bridgehead atoms. The van der Waals surface area contributed by atoms with Gasteiger partial charge in [-0.1, -0.05) is 6.92 Å². The number of aromatic nitrogens is 4. The molecule has 0 aliphatic heterocycles. The number of nitrogens with zero attached hydrogens (tertiary/aromatic N) is 4. The third-order valence-corrected chi connectivity index (χ3v) is 2.92. The fraction of sp³-hybridized carbons (Fsp3) is 0.500. The van der Waals surface area contributed by atoms with E-state index in [4.69, 9.17) is 0 Å². The lowest BCUT2D eigenvalue weighted by Crippen LogP contribution is -2.23. The van der Waals surface area contributed by atoms with Crippen molar-refractivity contribution < 1.29 is 0 Å². The summed E-state index contributed by atoms with van der Waals surface area (Å²) in [5.41, 5.74) is 0. The highest BCUT2D eigenvalue weighted by Gasteiger charge is 2.07.